The lowest BCUT2D eigenvalue weighted by Gasteiger charge is -2.20. The largest absolute Gasteiger partial charge is 0.508 e. The molecule has 0 saturated heterocycles. The van der Waals surface area contributed by atoms with Crippen LogP contribution in [0.25, 0.3) is 55.7 Å². The van der Waals surface area contributed by atoms with E-state index in [-0.39, 0.29) is 16.7 Å². The van der Waals surface area contributed by atoms with Gasteiger partial charge < -0.3 is 14.6 Å². The Kier molecular flexibility index (Phi) is 5.31. The van der Waals surface area contributed by atoms with Crippen molar-refractivity contribution in [2.45, 2.75) is 0 Å². The Morgan fingerprint density at radius 1 is 0.649 bits per heavy atom. The summed E-state index contributed by atoms with van der Waals surface area (Å²) in [4.78, 5) is 25.1. The summed E-state index contributed by atoms with van der Waals surface area (Å²) in [6.45, 7) is 0. The third-order valence-corrected chi connectivity index (χ3v) is 6.49. The highest BCUT2D eigenvalue weighted by Gasteiger charge is 2.25. The maximum Gasteiger partial charge on any atom is 0.336 e. The van der Waals surface area contributed by atoms with E-state index in [0.717, 1.165) is 16.7 Å². The van der Waals surface area contributed by atoms with E-state index in [2.05, 4.69) is 0 Å². The summed E-state index contributed by atoms with van der Waals surface area (Å²) in [6, 6.07) is 32.1. The minimum atomic E-state index is -1.07. The van der Waals surface area contributed by atoms with Crippen LogP contribution in [-0.4, -0.2) is 16.2 Å². The van der Waals surface area contributed by atoms with Gasteiger partial charge >= 0.3 is 5.97 Å². The van der Waals surface area contributed by atoms with Gasteiger partial charge in [0.1, 0.15) is 17.1 Å². The molecule has 0 bridgehead atoms. The average molecular weight is 485 g/mol. The number of rotatable bonds is 4. The molecule has 0 unspecified atom stereocenters. The summed E-state index contributed by atoms with van der Waals surface area (Å²) in [7, 11) is 0. The van der Waals surface area contributed by atoms with Gasteiger partial charge in [0.2, 0.25) is 0 Å². The monoisotopic (exact) mass is 484 g/mol. The number of fused-ring (bicyclic) bond motifs is 2. The summed E-state index contributed by atoms with van der Waals surface area (Å²) in [6.07, 6.45) is 0. The van der Waals surface area contributed by atoms with Crippen LogP contribution in [0.5, 0.6) is 5.75 Å². The predicted octanol–water partition coefficient (Wildman–Crippen LogP) is 7.30. The molecule has 0 fully saturated rings. The fourth-order valence-electron chi connectivity index (χ4n) is 4.86. The fraction of sp³-hybridized carbons (Fsp3) is 0. The van der Waals surface area contributed by atoms with Gasteiger partial charge in [-0.15, -0.1) is 0 Å². The summed E-state index contributed by atoms with van der Waals surface area (Å²) >= 11 is 0. The zero-order valence-electron chi connectivity index (χ0n) is 19.5. The zero-order valence-corrected chi connectivity index (χ0v) is 19.5. The topological polar surface area (TPSA) is 87.7 Å². The molecule has 4 aromatic carbocycles. The number of hydrogen-bond donors (Lipinski definition) is 2. The van der Waals surface area contributed by atoms with Gasteiger partial charge in [-0.05, 0) is 64.2 Å². The van der Waals surface area contributed by atoms with E-state index in [0.29, 0.717) is 39.0 Å². The Labute approximate surface area is 211 Å². The summed E-state index contributed by atoms with van der Waals surface area (Å²) in [5.74, 6) is -0.764. The molecular weight excluding hydrogens is 464 g/mol. The number of carboxylic acids is 1. The molecule has 1 aliphatic carbocycles. The summed E-state index contributed by atoms with van der Waals surface area (Å²) in [5, 5.41) is 21.3. The van der Waals surface area contributed by atoms with Crippen molar-refractivity contribution in [3.05, 3.63) is 125 Å². The number of carboxylic acid groups (broad SMARTS) is 1. The van der Waals surface area contributed by atoms with Crippen molar-refractivity contribution in [2.75, 3.05) is 0 Å². The highest BCUT2D eigenvalue weighted by atomic mass is 16.4. The summed E-state index contributed by atoms with van der Waals surface area (Å²) < 4.78 is 5.99. The van der Waals surface area contributed by atoms with Crippen LogP contribution in [0.15, 0.2) is 118 Å². The minimum absolute atomic E-state index is 0.00120. The van der Waals surface area contributed by atoms with E-state index in [1.54, 1.807) is 12.1 Å². The number of aromatic carboxylic acids is 1. The quantitative estimate of drug-likeness (QED) is 0.256. The number of aromatic hydroxyl groups is 1. The normalized spacial score (nSPS) is 11.1. The van der Waals surface area contributed by atoms with Crippen molar-refractivity contribution in [3.63, 3.8) is 0 Å². The molecule has 37 heavy (non-hydrogen) atoms. The van der Waals surface area contributed by atoms with Gasteiger partial charge in [0.25, 0.3) is 0 Å². The SMILES string of the molecule is O=C(O)c1c(-c2ccccc2)cc(-c2ccccc2)cc1-c1c2ccc(=O)cc-2oc2cc(O)ccc12. The molecule has 0 radical (unpaired) electrons. The molecular formula is C32H20O5. The number of phenols is 1. The molecule has 1 heterocycles. The third kappa shape index (κ3) is 3.93. The Morgan fingerprint density at radius 3 is 2.03 bits per heavy atom. The van der Waals surface area contributed by atoms with Gasteiger partial charge in [-0.3, -0.25) is 4.79 Å². The van der Waals surface area contributed by atoms with Crippen molar-refractivity contribution in [1.29, 1.82) is 0 Å². The molecule has 4 aromatic rings. The third-order valence-electron chi connectivity index (χ3n) is 6.49. The lowest BCUT2D eigenvalue weighted by atomic mass is 9.84. The molecule has 0 spiro atoms. The number of benzene rings is 5. The highest BCUT2D eigenvalue weighted by Crippen LogP contribution is 2.45. The Bertz CT molecular complexity index is 1820. The first-order valence-corrected chi connectivity index (χ1v) is 11.7. The zero-order chi connectivity index (χ0) is 25.5. The molecule has 0 aromatic heterocycles. The number of hydrogen-bond acceptors (Lipinski definition) is 4. The Balaban J connectivity index is 1.81. The molecule has 6 rings (SSSR count). The molecule has 5 nitrogen and oxygen atoms in total. The molecule has 0 atom stereocenters. The Hall–Kier alpha value is -5.16. The molecule has 1 aliphatic heterocycles. The van der Waals surface area contributed by atoms with Crippen molar-refractivity contribution in [3.8, 4) is 50.5 Å². The number of carbonyl (C=O) groups is 1. The standard InChI is InChI=1S/C32H20O5/c33-22-11-13-24-28(17-22)37-29-18-23(34)12-14-25(29)30(24)27-16-21(19-7-3-1-4-8-19)15-26(31(27)32(35)36)20-9-5-2-6-10-20/h1-18,33H,(H,35,36). The van der Waals surface area contributed by atoms with E-state index in [9.17, 15) is 19.8 Å². The first-order valence-electron chi connectivity index (χ1n) is 11.7. The lowest BCUT2D eigenvalue weighted by Crippen LogP contribution is -2.06. The molecule has 178 valence electrons. The second-order valence-electron chi connectivity index (χ2n) is 8.80. The first kappa shape index (κ1) is 22.3. The van der Waals surface area contributed by atoms with E-state index in [4.69, 9.17) is 4.42 Å². The van der Waals surface area contributed by atoms with E-state index < -0.39 is 5.97 Å². The van der Waals surface area contributed by atoms with Crippen LogP contribution in [0.1, 0.15) is 10.4 Å². The molecule has 2 N–H and O–H groups in total. The van der Waals surface area contributed by atoms with Gasteiger partial charge in [-0.1, -0.05) is 60.7 Å². The smallest absolute Gasteiger partial charge is 0.336 e. The maximum atomic E-state index is 12.9. The molecule has 0 saturated carbocycles. The molecule has 5 heteroatoms. The molecule has 0 amide bonds. The van der Waals surface area contributed by atoms with Crippen LogP contribution in [0.3, 0.4) is 0 Å². The van der Waals surface area contributed by atoms with Crippen LogP contribution in [0.2, 0.25) is 0 Å². The van der Waals surface area contributed by atoms with Crippen LogP contribution >= 0.6 is 0 Å². The first-order chi connectivity index (χ1) is 18.0. The van der Waals surface area contributed by atoms with Gasteiger partial charge in [0.15, 0.2) is 5.43 Å². The average Bonchev–Trinajstić information content (AvgIpc) is 2.91. The summed E-state index contributed by atoms with van der Waals surface area (Å²) in [5.41, 5.74) is 5.08. The minimum Gasteiger partial charge on any atom is -0.508 e. The fourth-order valence-corrected chi connectivity index (χ4v) is 4.86. The Morgan fingerprint density at radius 2 is 1.32 bits per heavy atom. The van der Waals surface area contributed by atoms with Crippen molar-refractivity contribution >= 4 is 16.9 Å². The van der Waals surface area contributed by atoms with Crippen LogP contribution in [0.4, 0.5) is 0 Å². The number of phenolic OH excluding ortho intramolecular Hbond substituents is 1. The van der Waals surface area contributed by atoms with Gasteiger partial charge in [-0.2, -0.15) is 0 Å². The van der Waals surface area contributed by atoms with Crippen molar-refractivity contribution < 1.29 is 19.4 Å². The van der Waals surface area contributed by atoms with Crippen molar-refractivity contribution in [1.82, 2.24) is 0 Å². The van der Waals surface area contributed by atoms with Crippen LogP contribution in [-0.2, 0) is 0 Å². The highest BCUT2D eigenvalue weighted by molar-refractivity contribution is 6.11. The lowest BCUT2D eigenvalue weighted by molar-refractivity contribution is 0.0698. The van der Waals surface area contributed by atoms with E-state index in [1.165, 1.54) is 24.3 Å². The second kappa shape index (κ2) is 8.81. The van der Waals surface area contributed by atoms with Crippen LogP contribution < -0.4 is 5.43 Å². The van der Waals surface area contributed by atoms with Gasteiger partial charge in [-0.25, -0.2) is 4.79 Å². The van der Waals surface area contributed by atoms with Crippen LogP contribution in [0, 0.1) is 0 Å². The van der Waals surface area contributed by atoms with Gasteiger partial charge in [0, 0.05) is 28.6 Å². The second-order valence-corrected chi connectivity index (χ2v) is 8.80. The van der Waals surface area contributed by atoms with E-state index in [1.807, 2.05) is 72.8 Å². The predicted molar refractivity (Wildman–Crippen MR) is 144 cm³/mol. The van der Waals surface area contributed by atoms with Gasteiger partial charge in [0.05, 0.1) is 5.56 Å². The van der Waals surface area contributed by atoms with Crippen molar-refractivity contribution in [2.24, 2.45) is 0 Å². The maximum absolute atomic E-state index is 12.9. The van der Waals surface area contributed by atoms with E-state index >= 15 is 0 Å². The molecule has 2 aliphatic rings.